The molecule has 2 heterocycles. The van der Waals surface area contributed by atoms with Crippen LogP contribution in [0.15, 0.2) is 18.3 Å². The minimum Gasteiger partial charge on any atom is -0.471 e. The van der Waals surface area contributed by atoms with Crippen LogP contribution in [0.1, 0.15) is 25.5 Å². The van der Waals surface area contributed by atoms with Gasteiger partial charge in [-0.1, -0.05) is 11.6 Å². The molecule has 1 aliphatic carbocycles. The van der Waals surface area contributed by atoms with E-state index in [4.69, 9.17) is 21.6 Å². The highest BCUT2D eigenvalue weighted by Crippen LogP contribution is 2.41. The maximum absolute atomic E-state index is 8.98. The second kappa shape index (κ2) is 3.82. The van der Waals surface area contributed by atoms with Gasteiger partial charge in [-0.3, -0.25) is 0 Å². The summed E-state index contributed by atoms with van der Waals surface area (Å²) in [5.41, 5.74) is 0.176. The SMILES string of the molecule is CC1(Oc2nc(C#N)cc3cnc(Cl)cc23)CC1. The number of rotatable bonds is 2. The number of ether oxygens (including phenoxy) is 1. The summed E-state index contributed by atoms with van der Waals surface area (Å²) in [5, 5.41) is 11.0. The quantitative estimate of drug-likeness (QED) is 0.778. The Hall–Kier alpha value is -1.86. The van der Waals surface area contributed by atoms with Crippen LogP contribution in [-0.4, -0.2) is 15.6 Å². The number of hydrogen-bond donors (Lipinski definition) is 0. The van der Waals surface area contributed by atoms with Crippen LogP contribution in [-0.2, 0) is 0 Å². The standard InChI is InChI=1S/C13H10ClN3O/c1-13(2-3-13)18-12-10-5-11(14)16-7-8(10)4-9(6-15)17-12/h4-5,7H,2-3H2,1H3. The zero-order chi connectivity index (χ0) is 12.8. The third-order valence-corrected chi connectivity index (χ3v) is 3.26. The summed E-state index contributed by atoms with van der Waals surface area (Å²) in [7, 11) is 0. The third-order valence-electron chi connectivity index (χ3n) is 3.06. The van der Waals surface area contributed by atoms with Crippen LogP contribution in [0.5, 0.6) is 5.88 Å². The number of pyridine rings is 2. The van der Waals surface area contributed by atoms with Crippen molar-refractivity contribution in [1.82, 2.24) is 9.97 Å². The van der Waals surface area contributed by atoms with Gasteiger partial charge in [0.25, 0.3) is 0 Å². The predicted octanol–water partition coefficient (Wildman–Crippen LogP) is 3.09. The average molecular weight is 260 g/mol. The van der Waals surface area contributed by atoms with Crippen LogP contribution < -0.4 is 4.74 Å². The summed E-state index contributed by atoms with van der Waals surface area (Å²) >= 11 is 5.89. The first-order valence-electron chi connectivity index (χ1n) is 5.65. The van der Waals surface area contributed by atoms with Gasteiger partial charge in [0.2, 0.25) is 5.88 Å². The normalized spacial score (nSPS) is 16.3. The lowest BCUT2D eigenvalue weighted by molar-refractivity contribution is 0.194. The second-order valence-electron chi connectivity index (χ2n) is 4.70. The molecule has 0 amide bonds. The van der Waals surface area contributed by atoms with Gasteiger partial charge in [-0.15, -0.1) is 0 Å². The number of nitrogens with zero attached hydrogens (tertiary/aromatic N) is 3. The van der Waals surface area contributed by atoms with E-state index in [1.54, 1.807) is 18.3 Å². The minimum atomic E-state index is -0.149. The van der Waals surface area contributed by atoms with Gasteiger partial charge in [-0.25, -0.2) is 9.97 Å². The molecule has 0 saturated heterocycles. The van der Waals surface area contributed by atoms with Gasteiger partial charge in [0.05, 0.1) is 0 Å². The summed E-state index contributed by atoms with van der Waals surface area (Å²) in [5.74, 6) is 0.466. The van der Waals surface area contributed by atoms with Gasteiger partial charge < -0.3 is 4.74 Å². The predicted molar refractivity (Wildman–Crippen MR) is 67.5 cm³/mol. The number of hydrogen-bond acceptors (Lipinski definition) is 4. The van der Waals surface area contributed by atoms with E-state index < -0.39 is 0 Å². The Labute approximate surface area is 109 Å². The Morgan fingerprint density at radius 3 is 2.89 bits per heavy atom. The van der Waals surface area contributed by atoms with Crippen LogP contribution in [0.25, 0.3) is 10.8 Å². The maximum atomic E-state index is 8.98. The van der Waals surface area contributed by atoms with Crippen LogP contribution in [0.4, 0.5) is 0 Å². The molecule has 2 aromatic rings. The van der Waals surface area contributed by atoms with Crippen molar-refractivity contribution in [1.29, 1.82) is 5.26 Å². The van der Waals surface area contributed by atoms with Crippen molar-refractivity contribution >= 4 is 22.4 Å². The molecule has 1 aliphatic rings. The number of fused-ring (bicyclic) bond motifs is 1. The highest BCUT2D eigenvalue weighted by Gasteiger charge is 2.40. The van der Waals surface area contributed by atoms with Crippen molar-refractivity contribution in [2.75, 3.05) is 0 Å². The van der Waals surface area contributed by atoms with E-state index in [-0.39, 0.29) is 5.60 Å². The lowest BCUT2D eigenvalue weighted by Crippen LogP contribution is -2.13. The van der Waals surface area contributed by atoms with E-state index in [0.717, 1.165) is 23.6 Å². The molecule has 1 fully saturated rings. The smallest absolute Gasteiger partial charge is 0.223 e. The molecule has 4 nitrogen and oxygen atoms in total. The highest BCUT2D eigenvalue weighted by molar-refractivity contribution is 6.30. The molecule has 0 unspecified atom stereocenters. The van der Waals surface area contributed by atoms with Crippen molar-refractivity contribution in [2.24, 2.45) is 0 Å². The lowest BCUT2D eigenvalue weighted by atomic mass is 10.2. The van der Waals surface area contributed by atoms with E-state index >= 15 is 0 Å². The summed E-state index contributed by atoms with van der Waals surface area (Å²) in [6, 6.07) is 5.42. The van der Waals surface area contributed by atoms with Crippen LogP contribution in [0, 0.1) is 11.3 Å². The van der Waals surface area contributed by atoms with Crippen molar-refractivity contribution in [3.8, 4) is 11.9 Å². The van der Waals surface area contributed by atoms with Gasteiger partial charge in [0.1, 0.15) is 22.5 Å². The van der Waals surface area contributed by atoms with Gasteiger partial charge in [0.15, 0.2) is 0 Å². The third kappa shape index (κ3) is 1.98. The second-order valence-corrected chi connectivity index (χ2v) is 5.09. The van der Waals surface area contributed by atoms with Gasteiger partial charge in [-0.05, 0) is 31.9 Å². The molecule has 1 saturated carbocycles. The molecule has 18 heavy (non-hydrogen) atoms. The Morgan fingerprint density at radius 1 is 1.44 bits per heavy atom. The Balaban J connectivity index is 2.19. The topological polar surface area (TPSA) is 58.8 Å². The first-order chi connectivity index (χ1) is 8.59. The highest BCUT2D eigenvalue weighted by atomic mass is 35.5. The van der Waals surface area contributed by atoms with E-state index in [1.165, 1.54) is 0 Å². The number of nitriles is 1. The van der Waals surface area contributed by atoms with E-state index in [2.05, 4.69) is 9.97 Å². The van der Waals surface area contributed by atoms with Crippen LogP contribution in [0.3, 0.4) is 0 Å². The Bertz CT molecular complexity index is 674. The fourth-order valence-electron chi connectivity index (χ4n) is 1.74. The monoisotopic (exact) mass is 259 g/mol. The number of aromatic nitrogens is 2. The first-order valence-corrected chi connectivity index (χ1v) is 6.03. The minimum absolute atomic E-state index is 0.149. The van der Waals surface area contributed by atoms with Crippen molar-refractivity contribution < 1.29 is 4.74 Å². The molecular weight excluding hydrogens is 250 g/mol. The largest absolute Gasteiger partial charge is 0.471 e. The molecule has 0 spiro atoms. The Morgan fingerprint density at radius 2 is 2.22 bits per heavy atom. The summed E-state index contributed by atoms with van der Waals surface area (Å²) in [6.07, 6.45) is 3.64. The summed E-state index contributed by atoms with van der Waals surface area (Å²) in [4.78, 5) is 8.22. The first kappa shape index (κ1) is 11.2. The van der Waals surface area contributed by atoms with Gasteiger partial charge in [0, 0.05) is 17.0 Å². The number of halogens is 1. The molecule has 0 aromatic carbocycles. The molecular formula is C13H10ClN3O. The van der Waals surface area contributed by atoms with Crippen LogP contribution >= 0.6 is 11.6 Å². The molecule has 90 valence electrons. The van der Waals surface area contributed by atoms with E-state index in [1.807, 2.05) is 13.0 Å². The van der Waals surface area contributed by atoms with E-state index in [0.29, 0.717) is 16.7 Å². The molecule has 0 N–H and O–H groups in total. The van der Waals surface area contributed by atoms with E-state index in [9.17, 15) is 0 Å². The Kier molecular flexibility index (Phi) is 2.39. The zero-order valence-electron chi connectivity index (χ0n) is 9.77. The summed E-state index contributed by atoms with van der Waals surface area (Å²) < 4.78 is 5.87. The fraction of sp³-hybridized carbons (Fsp3) is 0.308. The molecule has 5 heteroatoms. The van der Waals surface area contributed by atoms with Crippen molar-refractivity contribution in [3.63, 3.8) is 0 Å². The summed E-state index contributed by atoms with van der Waals surface area (Å²) in [6.45, 7) is 2.03. The molecule has 0 bridgehead atoms. The van der Waals surface area contributed by atoms with Crippen molar-refractivity contribution in [3.05, 3.63) is 29.2 Å². The molecule has 0 aliphatic heterocycles. The molecule has 0 radical (unpaired) electrons. The van der Waals surface area contributed by atoms with Crippen molar-refractivity contribution in [2.45, 2.75) is 25.4 Å². The average Bonchev–Trinajstić information content (AvgIpc) is 3.07. The molecule has 2 aromatic heterocycles. The van der Waals surface area contributed by atoms with Gasteiger partial charge in [-0.2, -0.15) is 5.26 Å². The molecule has 3 rings (SSSR count). The van der Waals surface area contributed by atoms with Gasteiger partial charge >= 0.3 is 0 Å². The maximum Gasteiger partial charge on any atom is 0.223 e. The van der Waals surface area contributed by atoms with Crippen LogP contribution in [0.2, 0.25) is 5.15 Å². The lowest BCUT2D eigenvalue weighted by Gasteiger charge is -2.14. The zero-order valence-corrected chi connectivity index (χ0v) is 10.5. The fourth-order valence-corrected chi connectivity index (χ4v) is 1.89. The molecule has 0 atom stereocenters.